The Morgan fingerprint density at radius 3 is 2.84 bits per heavy atom. The van der Waals surface area contributed by atoms with Crippen LogP contribution in [-0.4, -0.2) is 34.9 Å². The Labute approximate surface area is 113 Å². The molecule has 1 aromatic rings. The van der Waals surface area contributed by atoms with Crippen LogP contribution in [0, 0.1) is 22.0 Å². The van der Waals surface area contributed by atoms with Crippen molar-refractivity contribution in [2.45, 2.75) is 6.04 Å². The highest BCUT2D eigenvalue weighted by Gasteiger charge is 2.53. The number of nitrogens with zero attached hydrogens (tertiary/aromatic N) is 2. The van der Waals surface area contributed by atoms with Gasteiger partial charge in [-0.2, -0.15) is 0 Å². The van der Waals surface area contributed by atoms with Crippen LogP contribution >= 0.6 is 11.6 Å². The van der Waals surface area contributed by atoms with Crippen LogP contribution in [0.1, 0.15) is 10.4 Å². The number of pyridine rings is 1. The molecule has 1 amide bonds. The Morgan fingerprint density at radius 1 is 1.53 bits per heavy atom. The molecule has 1 saturated carbocycles. The highest BCUT2D eigenvalue weighted by atomic mass is 35.5. The SMILES string of the molecule is O=C(NC1C2CNCC21)c1cc(Cl)ncc1[N+](=O)[O-]. The van der Waals surface area contributed by atoms with Gasteiger partial charge in [-0.05, 0) is 17.9 Å². The summed E-state index contributed by atoms with van der Waals surface area (Å²) in [6.07, 6.45) is 1.01. The Bertz CT molecular complexity index is 555. The average molecular weight is 283 g/mol. The maximum absolute atomic E-state index is 12.1. The monoisotopic (exact) mass is 282 g/mol. The smallest absolute Gasteiger partial charge is 0.300 e. The number of piperidine rings is 1. The van der Waals surface area contributed by atoms with E-state index >= 15 is 0 Å². The fraction of sp³-hybridized carbons (Fsp3) is 0.455. The van der Waals surface area contributed by atoms with Crippen molar-refractivity contribution in [2.75, 3.05) is 13.1 Å². The predicted molar refractivity (Wildman–Crippen MR) is 67.0 cm³/mol. The molecule has 1 saturated heterocycles. The first-order valence-corrected chi connectivity index (χ1v) is 6.27. The van der Waals surface area contributed by atoms with Crippen LogP contribution in [0.25, 0.3) is 0 Å². The molecule has 7 nitrogen and oxygen atoms in total. The van der Waals surface area contributed by atoms with Gasteiger partial charge in [-0.25, -0.2) is 4.98 Å². The molecule has 1 aliphatic carbocycles. The fourth-order valence-corrected chi connectivity index (χ4v) is 2.77. The summed E-state index contributed by atoms with van der Waals surface area (Å²) in [6.45, 7) is 1.77. The molecule has 2 unspecified atom stereocenters. The van der Waals surface area contributed by atoms with Crippen molar-refractivity contribution < 1.29 is 9.72 Å². The van der Waals surface area contributed by atoms with E-state index in [0.717, 1.165) is 19.3 Å². The number of rotatable bonds is 3. The second kappa shape index (κ2) is 4.43. The molecule has 2 aliphatic rings. The van der Waals surface area contributed by atoms with Gasteiger partial charge in [-0.15, -0.1) is 0 Å². The molecule has 3 rings (SSSR count). The summed E-state index contributed by atoms with van der Waals surface area (Å²) in [4.78, 5) is 25.9. The zero-order valence-electron chi connectivity index (χ0n) is 9.80. The molecule has 0 aromatic carbocycles. The summed E-state index contributed by atoms with van der Waals surface area (Å²) in [5.41, 5.74) is -0.367. The number of nitro groups is 1. The van der Waals surface area contributed by atoms with E-state index in [0.29, 0.717) is 11.8 Å². The standard InChI is InChI=1S/C11H11ClN4O3/c12-9-1-5(8(4-14-9)16(18)19)11(17)15-10-6-2-13-3-7(6)10/h1,4,6-7,10,13H,2-3H2,(H,15,17). The lowest BCUT2D eigenvalue weighted by Gasteiger charge is -2.08. The third-order valence-electron chi connectivity index (χ3n) is 3.68. The molecule has 0 bridgehead atoms. The molecule has 19 heavy (non-hydrogen) atoms. The van der Waals surface area contributed by atoms with Crippen LogP contribution in [0.5, 0.6) is 0 Å². The van der Waals surface area contributed by atoms with Crippen LogP contribution in [-0.2, 0) is 0 Å². The first-order chi connectivity index (χ1) is 9.08. The number of carbonyl (C=O) groups excluding carboxylic acids is 1. The van der Waals surface area contributed by atoms with Gasteiger partial charge in [-0.1, -0.05) is 11.6 Å². The maximum atomic E-state index is 12.1. The number of amides is 1. The first kappa shape index (κ1) is 12.3. The topological polar surface area (TPSA) is 97.2 Å². The lowest BCUT2D eigenvalue weighted by molar-refractivity contribution is -0.385. The quantitative estimate of drug-likeness (QED) is 0.480. The Morgan fingerprint density at radius 2 is 2.21 bits per heavy atom. The first-order valence-electron chi connectivity index (χ1n) is 5.89. The minimum absolute atomic E-state index is 0.0390. The molecule has 0 radical (unpaired) electrons. The molecular formula is C11H11ClN4O3. The number of aromatic nitrogens is 1. The van der Waals surface area contributed by atoms with Crippen LogP contribution in [0.15, 0.2) is 12.3 Å². The van der Waals surface area contributed by atoms with E-state index in [2.05, 4.69) is 15.6 Å². The molecular weight excluding hydrogens is 272 g/mol. The number of hydrogen-bond acceptors (Lipinski definition) is 5. The molecule has 2 heterocycles. The van der Waals surface area contributed by atoms with Crippen LogP contribution in [0.2, 0.25) is 5.15 Å². The van der Waals surface area contributed by atoms with Crippen LogP contribution < -0.4 is 10.6 Å². The van der Waals surface area contributed by atoms with Gasteiger partial charge in [0.1, 0.15) is 16.9 Å². The van der Waals surface area contributed by atoms with Crippen molar-refractivity contribution in [3.63, 3.8) is 0 Å². The van der Waals surface area contributed by atoms with Gasteiger partial charge in [-0.3, -0.25) is 14.9 Å². The van der Waals surface area contributed by atoms with Gasteiger partial charge in [0.05, 0.1) is 4.92 Å². The molecule has 100 valence electrons. The van der Waals surface area contributed by atoms with Gasteiger partial charge in [0, 0.05) is 19.1 Å². The summed E-state index contributed by atoms with van der Waals surface area (Å²) in [5.74, 6) is 0.427. The summed E-state index contributed by atoms with van der Waals surface area (Å²) >= 11 is 5.69. The normalized spacial score (nSPS) is 27.7. The van der Waals surface area contributed by atoms with Crippen molar-refractivity contribution in [1.29, 1.82) is 0 Å². The Balaban J connectivity index is 1.79. The third-order valence-corrected chi connectivity index (χ3v) is 3.89. The van der Waals surface area contributed by atoms with E-state index in [4.69, 9.17) is 11.6 Å². The van der Waals surface area contributed by atoms with Crippen LogP contribution in [0.3, 0.4) is 0 Å². The molecule has 1 aromatic heterocycles. The maximum Gasteiger partial charge on any atom is 0.300 e. The predicted octanol–water partition coefficient (Wildman–Crippen LogP) is 0.591. The number of hydrogen-bond donors (Lipinski definition) is 2. The molecule has 8 heteroatoms. The molecule has 2 atom stereocenters. The summed E-state index contributed by atoms with van der Waals surface area (Å²) < 4.78 is 0. The molecule has 0 spiro atoms. The van der Waals surface area contributed by atoms with E-state index < -0.39 is 10.8 Å². The largest absolute Gasteiger partial charge is 0.348 e. The summed E-state index contributed by atoms with van der Waals surface area (Å²) in [7, 11) is 0. The lowest BCUT2D eigenvalue weighted by Crippen LogP contribution is -2.32. The highest BCUT2D eigenvalue weighted by Crippen LogP contribution is 2.41. The number of nitrogens with one attached hydrogen (secondary N) is 2. The van der Waals surface area contributed by atoms with Crippen LogP contribution in [0.4, 0.5) is 5.69 Å². The summed E-state index contributed by atoms with van der Waals surface area (Å²) in [5, 5.41) is 17.0. The number of fused-ring (bicyclic) bond motifs is 1. The van der Waals surface area contributed by atoms with Gasteiger partial charge in [0.25, 0.3) is 11.6 Å². The number of carbonyl (C=O) groups is 1. The van der Waals surface area contributed by atoms with E-state index in [1.165, 1.54) is 6.07 Å². The zero-order valence-corrected chi connectivity index (χ0v) is 10.6. The van der Waals surface area contributed by atoms with Gasteiger partial charge in [0.2, 0.25) is 0 Å². The second-order valence-electron chi connectivity index (χ2n) is 4.77. The minimum Gasteiger partial charge on any atom is -0.348 e. The average Bonchev–Trinajstić information content (AvgIpc) is 2.82. The Hall–Kier alpha value is -1.73. The van der Waals surface area contributed by atoms with Crippen molar-refractivity contribution in [3.8, 4) is 0 Å². The molecule has 2 fully saturated rings. The third kappa shape index (κ3) is 2.15. The van der Waals surface area contributed by atoms with Gasteiger partial charge in [0.15, 0.2) is 0 Å². The van der Waals surface area contributed by atoms with Crippen molar-refractivity contribution in [1.82, 2.24) is 15.6 Å². The summed E-state index contributed by atoms with van der Waals surface area (Å²) in [6, 6.07) is 1.34. The van der Waals surface area contributed by atoms with Crippen molar-refractivity contribution in [2.24, 2.45) is 11.8 Å². The minimum atomic E-state index is -0.631. The number of halogens is 1. The fourth-order valence-electron chi connectivity index (χ4n) is 2.61. The second-order valence-corrected chi connectivity index (χ2v) is 5.15. The van der Waals surface area contributed by atoms with E-state index in [1.807, 2.05) is 0 Å². The van der Waals surface area contributed by atoms with E-state index in [9.17, 15) is 14.9 Å². The Kier molecular flexibility index (Phi) is 2.87. The lowest BCUT2D eigenvalue weighted by atomic mass is 10.2. The van der Waals surface area contributed by atoms with Crippen molar-refractivity contribution >= 4 is 23.2 Å². The van der Waals surface area contributed by atoms with Crippen molar-refractivity contribution in [3.05, 3.63) is 33.1 Å². The molecule has 2 N–H and O–H groups in total. The molecule has 1 aliphatic heterocycles. The van der Waals surface area contributed by atoms with E-state index in [-0.39, 0.29) is 22.4 Å². The zero-order chi connectivity index (χ0) is 13.6. The highest BCUT2D eigenvalue weighted by molar-refractivity contribution is 6.29. The van der Waals surface area contributed by atoms with Gasteiger partial charge < -0.3 is 10.6 Å². The van der Waals surface area contributed by atoms with Gasteiger partial charge >= 0.3 is 0 Å². The van der Waals surface area contributed by atoms with E-state index in [1.54, 1.807) is 0 Å².